The number of benzene rings is 2. The van der Waals surface area contributed by atoms with E-state index in [0.29, 0.717) is 18.7 Å². The van der Waals surface area contributed by atoms with E-state index in [1.165, 1.54) is 18.2 Å². The summed E-state index contributed by atoms with van der Waals surface area (Å²) in [6.07, 6.45) is -0.495. The first kappa shape index (κ1) is 17.9. The molecule has 2 aromatic rings. The second-order valence-electron chi connectivity index (χ2n) is 5.99. The van der Waals surface area contributed by atoms with Crippen LogP contribution in [0.3, 0.4) is 0 Å². The van der Waals surface area contributed by atoms with E-state index in [-0.39, 0.29) is 30.5 Å². The zero-order valence-corrected chi connectivity index (χ0v) is 14.0. The number of aromatic carboxylic acids is 1. The van der Waals surface area contributed by atoms with Crippen LogP contribution in [0.1, 0.15) is 27.6 Å². The highest BCUT2D eigenvalue weighted by Gasteiger charge is 2.26. The van der Waals surface area contributed by atoms with Crippen molar-refractivity contribution >= 4 is 12.0 Å². The Morgan fingerprint density at radius 2 is 1.92 bits per heavy atom. The largest absolute Gasteiger partial charge is 0.478 e. The summed E-state index contributed by atoms with van der Waals surface area (Å²) in [5, 5.41) is 11.7. The maximum absolute atomic E-state index is 13.9. The molecule has 1 heterocycles. The molecule has 7 heteroatoms. The Labute approximate surface area is 150 Å². The van der Waals surface area contributed by atoms with Gasteiger partial charge in [0, 0.05) is 18.7 Å². The molecule has 1 atom stereocenters. The van der Waals surface area contributed by atoms with E-state index in [4.69, 9.17) is 9.84 Å². The molecule has 3 rings (SSSR count). The van der Waals surface area contributed by atoms with Gasteiger partial charge in [0.1, 0.15) is 11.9 Å². The fourth-order valence-corrected chi connectivity index (χ4v) is 2.81. The van der Waals surface area contributed by atoms with Gasteiger partial charge in [-0.05, 0) is 23.8 Å². The highest BCUT2D eigenvalue weighted by Crippen LogP contribution is 2.24. The monoisotopic (exact) mass is 358 g/mol. The molecule has 2 aromatic carbocycles. The molecule has 2 amide bonds. The predicted molar refractivity (Wildman–Crippen MR) is 92.3 cm³/mol. The number of carbonyl (C=O) groups is 2. The number of nitrogens with one attached hydrogen (secondary N) is 1. The predicted octanol–water partition coefficient (Wildman–Crippen LogP) is 2.81. The van der Waals surface area contributed by atoms with Gasteiger partial charge in [0.15, 0.2) is 0 Å². The van der Waals surface area contributed by atoms with Crippen molar-refractivity contribution in [2.24, 2.45) is 0 Å². The number of amides is 2. The van der Waals surface area contributed by atoms with Gasteiger partial charge in [0.2, 0.25) is 0 Å². The number of hydrogen-bond acceptors (Lipinski definition) is 3. The second-order valence-corrected chi connectivity index (χ2v) is 5.99. The first-order valence-corrected chi connectivity index (χ1v) is 8.25. The molecule has 0 aromatic heterocycles. The van der Waals surface area contributed by atoms with Crippen molar-refractivity contribution in [3.05, 3.63) is 71.0 Å². The van der Waals surface area contributed by atoms with Gasteiger partial charge < -0.3 is 20.1 Å². The van der Waals surface area contributed by atoms with Crippen molar-refractivity contribution in [3.63, 3.8) is 0 Å². The summed E-state index contributed by atoms with van der Waals surface area (Å²) in [4.78, 5) is 24.8. The molecular formula is C19H19FN2O4. The summed E-state index contributed by atoms with van der Waals surface area (Å²) < 4.78 is 19.5. The molecule has 0 radical (unpaired) electrons. The Bertz CT molecular complexity index is 794. The van der Waals surface area contributed by atoms with Gasteiger partial charge in [-0.3, -0.25) is 0 Å². The number of ether oxygens (including phenoxy) is 1. The minimum Gasteiger partial charge on any atom is -0.478 e. The number of nitrogens with zero attached hydrogens (tertiary/aromatic N) is 1. The minimum atomic E-state index is -0.993. The molecule has 0 bridgehead atoms. The number of carboxylic acids is 1. The fourth-order valence-electron chi connectivity index (χ4n) is 2.81. The molecule has 1 saturated heterocycles. The van der Waals surface area contributed by atoms with E-state index in [0.717, 1.165) is 5.56 Å². The molecule has 6 nitrogen and oxygen atoms in total. The number of carboxylic acid groups (broad SMARTS) is 1. The maximum Gasteiger partial charge on any atom is 0.335 e. The van der Waals surface area contributed by atoms with Gasteiger partial charge in [-0.15, -0.1) is 0 Å². The van der Waals surface area contributed by atoms with Crippen LogP contribution in [-0.4, -0.2) is 41.7 Å². The molecular weight excluding hydrogens is 339 g/mol. The van der Waals surface area contributed by atoms with Crippen LogP contribution in [0.5, 0.6) is 0 Å². The molecule has 0 aliphatic carbocycles. The SMILES string of the molecule is O=C(O)c1ccc(CNC(=O)N2CCOC(c3ccccc3F)C2)cc1. The Hall–Kier alpha value is -2.93. The summed E-state index contributed by atoms with van der Waals surface area (Å²) in [6.45, 7) is 1.31. The van der Waals surface area contributed by atoms with Gasteiger partial charge >= 0.3 is 12.0 Å². The highest BCUT2D eigenvalue weighted by molar-refractivity contribution is 5.87. The Morgan fingerprint density at radius 1 is 1.19 bits per heavy atom. The first-order valence-electron chi connectivity index (χ1n) is 8.25. The molecule has 0 saturated carbocycles. The number of hydrogen-bond donors (Lipinski definition) is 2. The smallest absolute Gasteiger partial charge is 0.335 e. The van der Waals surface area contributed by atoms with Gasteiger partial charge in [0.05, 0.1) is 18.7 Å². The maximum atomic E-state index is 13.9. The topological polar surface area (TPSA) is 78.9 Å². The average Bonchev–Trinajstić information content (AvgIpc) is 2.67. The first-order chi connectivity index (χ1) is 12.5. The van der Waals surface area contributed by atoms with Gasteiger partial charge in [0.25, 0.3) is 0 Å². The van der Waals surface area contributed by atoms with Crippen molar-refractivity contribution in [1.82, 2.24) is 10.2 Å². The molecule has 1 unspecified atom stereocenters. The second kappa shape index (κ2) is 7.97. The number of urea groups is 1. The number of carbonyl (C=O) groups excluding carboxylic acids is 1. The number of halogens is 1. The Balaban J connectivity index is 1.57. The highest BCUT2D eigenvalue weighted by atomic mass is 19.1. The molecule has 1 fully saturated rings. The third-order valence-corrected chi connectivity index (χ3v) is 4.25. The summed E-state index contributed by atoms with van der Waals surface area (Å²) >= 11 is 0. The van der Waals surface area contributed by atoms with Crippen LogP contribution in [0.15, 0.2) is 48.5 Å². The van der Waals surface area contributed by atoms with Crippen molar-refractivity contribution in [2.45, 2.75) is 12.6 Å². The average molecular weight is 358 g/mol. The van der Waals surface area contributed by atoms with E-state index in [1.807, 2.05) is 0 Å². The Morgan fingerprint density at radius 3 is 2.62 bits per heavy atom. The lowest BCUT2D eigenvalue weighted by atomic mass is 10.1. The normalized spacial score (nSPS) is 17.0. The molecule has 0 spiro atoms. The number of morpholine rings is 1. The van der Waals surface area contributed by atoms with Crippen molar-refractivity contribution < 1.29 is 23.8 Å². The van der Waals surface area contributed by atoms with E-state index in [9.17, 15) is 14.0 Å². The van der Waals surface area contributed by atoms with Gasteiger partial charge in [-0.25, -0.2) is 14.0 Å². The Kier molecular flexibility index (Phi) is 5.48. The lowest BCUT2D eigenvalue weighted by molar-refractivity contribution is -0.0171. The van der Waals surface area contributed by atoms with Gasteiger partial charge in [-0.1, -0.05) is 30.3 Å². The van der Waals surface area contributed by atoms with Crippen LogP contribution in [-0.2, 0) is 11.3 Å². The third kappa shape index (κ3) is 4.18. The van der Waals surface area contributed by atoms with Crippen LogP contribution in [0, 0.1) is 5.82 Å². The lowest BCUT2D eigenvalue weighted by Crippen LogP contribution is -2.47. The summed E-state index contributed by atoms with van der Waals surface area (Å²) in [7, 11) is 0. The van der Waals surface area contributed by atoms with E-state index in [2.05, 4.69) is 5.32 Å². The lowest BCUT2D eigenvalue weighted by Gasteiger charge is -2.33. The van der Waals surface area contributed by atoms with Crippen LogP contribution in [0.4, 0.5) is 9.18 Å². The quantitative estimate of drug-likeness (QED) is 0.881. The standard InChI is InChI=1S/C19H19FN2O4/c20-16-4-2-1-3-15(16)17-12-22(9-10-26-17)19(25)21-11-13-5-7-14(8-6-13)18(23)24/h1-8,17H,9-12H2,(H,21,25)(H,23,24). The molecule has 2 N–H and O–H groups in total. The van der Waals surface area contributed by atoms with Crippen molar-refractivity contribution in [3.8, 4) is 0 Å². The molecule has 26 heavy (non-hydrogen) atoms. The molecule has 1 aliphatic heterocycles. The van der Waals surface area contributed by atoms with Crippen molar-refractivity contribution in [1.29, 1.82) is 0 Å². The van der Waals surface area contributed by atoms with E-state index < -0.39 is 12.1 Å². The summed E-state index contributed by atoms with van der Waals surface area (Å²) in [5.41, 5.74) is 1.43. The zero-order chi connectivity index (χ0) is 18.5. The van der Waals surface area contributed by atoms with E-state index in [1.54, 1.807) is 35.2 Å². The number of rotatable bonds is 4. The van der Waals surface area contributed by atoms with Crippen LogP contribution >= 0.6 is 0 Å². The zero-order valence-electron chi connectivity index (χ0n) is 14.0. The molecule has 136 valence electrons. The van der Waals surface area contributed by atoms with Crippen LogP contribution < -0.4 is 5.32 Å². The third-order valence-electron chi connectivity index (χ3n) is 4.25. The van der Waals surface area contributed by atoms with E-state index >= 15 is 0 Å². The van der Waals surface area contributed by atoms with Crippen LogP contribution in [0.2, 0.25) is 0 Å². The molecule has 1 aliphatic rings. The van der Waals surface area contributed by atoms with Crippen LogP contribution in [0.25, 0.3) is 0 Å². The fraction of sp³-hybridized carbons (Fsp3) is 0.263. The summed E-state index contributed by atoms with van der Waals surface area (Å²) in [6, 6.07) is 12.4. The summed E-state index contributed by atoms with van der Waals surface area (Å²) in [5.74, 6) is -1.34. The van der Waals surface area contributed by atoms with Crippen molar-refractivity contribution in [2.75, 3.05) is 19.7 Å². The van der Waals surface area contributed by atoms with Gasteiger partial charge in [-0.2, -0.15) is 0 Å². The minimum absolute atomic E-state index is 0.195.